The molecular formula is C23H33FN6. The minimum absolute atomic E-state index is 0.0566. The van der Waals surface area contributed by atoms with Gasteiger partial charge in [0.15, 0.2) is 11.6 Å². The Morgan fingerprint density at radius 1 is 1.17 bits per heavy atom. The average Bonchev–Trinajstić information content (AvgIpc) is 2.66. The van der Waals surface area contributed by atoms with E-state index in [-0.39, 0.29) is 17.6 Å². The van der Waals surface area contributed by atoms with Gasteiger partial charge in [-0.25, -0.2) is 9.37 Å². The zero-order chi connectivity index (χ0) is 22.6. The number of hydrogen-bond donors (Lipinski definition) is 3. The van der Waals surface area contributed by atoms with Gasteiger partial charge in [0, 0.05) is 49.7 Å². The summed E-state index contributed by atoms with van der Waals surface area (Å²) in [6.45, 7) is 11.9. The third-order valence-electron chi connectivity index (χ3n) is 5.06. The highest BCUT2D eigenvalue weighted by atomic mass is 19.1. The fraction of sp³-hybridized carbons (Fsp3) is 0.391. The van der Waals surface area contributed by atoms with Gasteiger partial charge < -0.3 is 21.3 Å². The van der Waals surface area contributed by atoms with Crippen molar-refractivity contribution in [3.05, 3.63) is 53.4 Å². The number of aryl methyl sites for hydroxylation is 1. The molecule has 2 aromatic rings. The number of aliphatic imine (C=N–C) groups is 1. The summed E-state index contributed by atoms with van der Waals surface area (Å²) in [5.74, 6) is 1.34. The molecule has 0 aliphatic heterocycles. The van der Waals surface area contributed by atoms with E-state index in [0.717, 1.165) is 22.6 Å². The second kappa shape index (κ2) is 9.61. The van der Waals surface area contributed by atoms with Gasteiger partial charge in [0.25, 0.3) is 0 Å². The predicted molar refractivity (Wildman–Crippen MR) is 126 cm³/mol. The van der Waals surface area contributed by atoms with Gasteiger partial charge in [-0.15, -0.1) is 0 Å². The first-order valence-electron chi connectivity index (χ1n) is 9.99. The van der Waals surface area contributed by atoms with E-state index in [1.165, 1.54) is 6.07 Å². The summed E-state index contributed by atoms with van der Waals surface area (Å²) in [6.07, 6.45) is 0. The Morgan fingerprint density at radius 3 is 2.37 bits per heavy atom. The number of aromatic nitrogens is 1. The monoisotopic (exact) mass is 412 g/mol. The van der Waals surface area contributed by atoms with Crippen molar-refractivity contribution in [3.8, 4) is 0 Å². The predicted octanol–water partition coefficient (Wildman–Crippen LogP) is 4.60. The number of halogens is 1. The molecule has 1 unspecified atom stereocenters. The van der Waals surface area contributed by atoms with E-state index in [1.807, 2.05) is 51.0 Å². The summed E-state index contributed by atoms with van der Waals surface area (Å²) >= 11 is 0. The first-order valence-corrected chi connectivity index (χ1v) is 9.99. The maximum absolute atomic E-state index is 14.6. The van der Waals surface area contributed by atoms with Crippen molar-refractivity contribution in [1.29, 1.82) is 0 Å². The lowest BCUT2D eigenvalue weighted by molar-refractivity contribution is 0.549. The largest absolute Gasteiger partial charge is 0.399 e. The van der Waals surface area contributed by atoms with Crippen LogP contribution in [0.15, 0.2) is 35.8 Å². The van der Waals surface area contributed by atoms with Crippen molar-refractivity contribution in [2.75, 3.05) is 31.8 Å². The molecule has 0 saturated heterocycles. The Bertz CT molecular complexity index is 949. The van der Waals surface area contributed by atoms with Crippen molar-refractivity contribution in [1.82, 2.24) is 9.88 Å². The van der Waals surface area contributed by atoms with E-state index in [1.54, 1.807) is 7.05 Å². The minimum Gasteiger partial charge on any atom is -0.399 e. The Labute approximate surface area is 179 Å². The zero-order valence-corrected chi connectivity index (χ0v) is 19.0. The van der Waals surface area contributed by atoms with E-state index in [0.29, 0.717) is 17.3 Å². The number of hydrogen-bond acceptors (Lipinski definition) is 5. The van der Waals surface area contributed by atoms with Crippen molar-refractivity contribution in [3.63, 3.8) is 0 Å². The van der Waals surface area contributed by atoms with Crippen LogP contribution in [0, 0.1) is 18.7 Å². The van der Waals surface area contributed by atoms with Crippen molar-refractivity contribution >= 4 is 28.9 Å². The number of anilines is 3. The fourth-order valence-electron chi connectivity index (χ4n) is 2.95. The second-order valence-corrected chi connectivity index (χ2v) is 8.01. The minimum atomic E-state index is -0.466. The molecule has 1 aromatic carbocycles. The Hall–Kier alpha value is -3.09. The third kappa shape index (κ3) is 5.28. The molecule has 7 heteroatoms. The van der Waals surface area contributed by atoms with Crippen LogP contribution in [0.5, 0.6) is 0 Å². The van der Waals surface area contributed by atoms with Gasteiger partial charge >= 0.3 is 0 Å². The van der Waals surface area contributed by atoms with Crippen LogP contribution < -0.4 is 16.4 Å². The number of nitrogens with one attached hydrogen (secondary N) is 2. The van der Waals surface area contributed by atoms with Gasteiger partial charge in [-0.1, -0.05) is 26.5 Å². The molecule has 4 N–H and O–H groups in total. The third-order valence-corrected chi connectivity index (χ3v) is 5.06. The van der Waals surface area contributed by atoms with Crippen molar-refractivity contribution in [2.45, 2.75) is 33.7 Å². The van der Waals surface area contributed by atoms with Crippen LogP contribution in [0.1, 0.15) is 37.5 Å². The van der Waals surface area contributed by atoms with Gasteiger partial charge in [0.1, 0.15) is 11.7 Å². The van der Waals surface area contributed by atoms with Crippen LogP contribution in [0.25, 0.3) is 5.70 Å². The lowest BCUT2D eigenvalue weighted by Crippen LogP contribution is -2.24. The smallest absolute Gasteiger partial charge is 0.166 e. The molecule has 0 amide bonds. The molecule has 0 aliphatic rings. The summed E-state index contributed by atoms with van der Waals surface area (Å²) in [5, 5.41) is 6.42. The zero-order valence-electron chi connectivity index (χ0n) is 19.0. The second-order valence-electron chi connectivity index (χ2n) is 8.01. The molecule has 162 valence electrons. The first kappa shape index (κ1) is 23.2. The van der Waals surface area contributed by atoms with Crippen LogP contribution in [-0.2, 0) is 0 Å². The lowest BCUT2D eigenvalue weighted by Gasteiger charge is -2.21. The molecule has 0 saturated carbocycles. The molecule has 1 aromatic heterocycles. The van der Waals surface area contributed by atoms with Gasteiger partial charge in [0.2, 0.25) is 0 Å². The Balaban J connectivity index is 2.50. The fourth-order valence-corrected chi connectivity index (χ4v) is 2.95. The lowest BCUT2D eigenvalue weighted by atomic mass is 10.1. The molecule has 1 atom stereocenters. The van der Waals surface area contributed by atoms with E-state index >= 15 is 0 Å². The molecule has 0 aliphatic carbocycles. The molecular weight excluding hydrogens is 379 g/mol. The van der Waals surface area contributed by atoms with Crippen LogP contribution in [0.2, 0.25) is 0 Å². The van der Waals surface area contributed by atoms with Crippen LogP contribution in [0.4, 0.5) is 21.7 Å². The molecule has 6 nitrogen and oxygen atoms in total. The molecule has 2 rings (SSSR count). The first-order chi connectivity index (χ1) is 14.0. The van der Waals surface area contributed by atoms with Gasteiger partial charge in [-0.05, 0) is 43.5 Å². The quantitative estimate of drug-likeness (QED) is 0.458. The van der Waals surface area contributed by atoms with Crippen molar-refractivity contribution < 1.29 is 4.39 Å². The maximum Gasteiger partial charge on any atom is 0.166 e. The Kier molecular flexibility index (Phi) is 7.43. The van der Waals surface area contributed by atoms with E-state index < -0.39 is 5.82 Å². The van der Waals surface area contributed by atoms with Gasteiger partial charge in [-0.3, -0.25) is 4.99 Å². The van der Waals surface area contributed by atoms with Gasteiger partial charge in [-0.2, -0.15) is 0 Å². The normalized spacial score (nSPS) is 12.6. The van der Waals surface area contributed by atoms with Gasteiger partial charge in [0.05, 0.1) is 0 Å². The van der Waals surface area contributed by atoms with Crippen molar-refractivity contribution in [2.24, 2.45) is 16.6 Å². The summed E-state index contributed by atoms with van der Waals surface area (Å²) in [6, 6.07) is 7.37. The molecule has 30 heavy (non-hydrogen) atoms. The van der Waals surface area contributed by atoms with E-state index in [9.17, 15) is 4.39 Å². The van der Waals surface area contributed by atoms with Crippen LogP contribution >= 0.6 is 0 Å². The summed E-state index contributed by atoms with van der Waals surface area (Å²) in [5.41, 5.74) is 9.46. The molecule has 1 heterocycles. The number of rotatable bonds is 7. The highest BCUT2D eigenvalue weighted by Crippen LogP contribution is 2.28. The standard InChI is InChI=1S/C23H33FN6/c1-13(2)16(5)27-22-20(24)12-19(15(4)25)21(29-22)28-17-10-9-14(3)18(11-17)23(26-6)30(7)8/h9-13,16H,4,25H2,1-3,5-8H3,(H2,27,28,29). The molecule has 0 spiro atoms. The number of pyridine rings is 1. The van der Waals surface area contributed by atoms with Crippen LogP contribution in [0.3, 0.4) is 0 Å². The average molecular weight is 413 g/mol. The number of amidine groups is 1. The summed E-state index contributed by atoms with van der Waals surface area (Å²) in [7, 11) is 5.67. The number of nitrogens with two attached hydrogens (primary N) is 1. The van der Waals surface area contributed by atoms with E-state index in [2.05, 4.69) is 41.0 Å². The van der Waals surface area contributed by atoms with E-state index in [4.69, 9.17) is 5.73 Å². The SMILES string of the molecule is C=C(N)c1cc(F)c(NC(C)C(C)C)nc1Nc1ccc(C)c(C(=NC)N(C)C)c1. The highest BCUT2D eigenvalue weighted by molar-refractivity contribution is 6.00. The van der Waals surface area contributed by atoms with Crippen LogP contribution in [-0.4, -0.2) is 42.9 Å². The summed E-state index contributed by atoms with van der Waals surface area (Å²) < 4.78 is 14.6. The highest BCUT2D eigenvalue weighted by Gasteiger charge is 2.17. The topological polar surface area (TPSA) is 78.6 Å². The molecule has 0 radical (unpaired) electrons. The molecule has 0 fully saturated rings. The maximum atomic E-state index is 14.6. The summed E-state index contributed by atoms with van der Waals surface area (Å²) in [4.78, 5) is 10.8. The molecule has 0 bridgehead atoms. The number of nitrogens with zero attached hydrogens (tertiary/aromatic N) is 3. The number of benzene rings is 1. The Morgan fingerprint density at radius 2 is 1.83 bits per heavy atom.